The summed E-state index contributed by atoms with van der Waals surface area (Å²) in [6, 6.07) is 0. The number of rotatable bonds is 5. The number of ether oxygens (including phenoxy) is 1. The van der Waals surface area contributed by atoms with Crippen molar-refractivity contribution in [1.29, 1.82) is 0 Å². The lowest BCUT2D eigenvalue weighted by Crippen LogP contribution is -2.43. The van der Waals surface area contributed by atoms with E-state index in [9.17, 15) is 0 Å². The predicted molar refractivity (Wildman–Crippen MR) is 59.4 cm³/mol. The van der Waals surface area contributed by atoms with Crippen molar-refractivity contribution in [1.82, 2.24) is 5.32 Å². The van der Waals surface area contributed by atoms with Gasteiger partial charge in [-0.2, -0.15) is 11.8 Å². The third kappa shape index (κ3) is 5.55. The van der Waals surface area contributed by atoms with Crippen LogP contribution in [0.3, 0.4) is 0 Å². The summed E-state index contributed by atoms with van der Waals surface area (Å²) in [6.07, 6.45) is 0. The molecule has 1 N–H and O–H groups in total. The average Bonchev–Trinajstić information content (AvgIpc) is 1.90. The summed E-state index contributed by atoms with van der Waals surface area (Å²) >= 11 is 2.01. The Morgan fingerprint density at radius 3 is 2.54 bits per heavy atom. The maximum Gasteiger partial charge on any atom is 0.0598 e. The fourth-order valence-corrected chi connectivity index (χ4v) is 2.06. The molecule has 0 spiro atoms. The van der Waals surface area contributed by atoms with Crippen LogP contribution in [0.15, 0.2) is 0 Å². The van der Waals surface area contributed by atoms with Crippen LogP contribution >= 0.6 is 11.8 Å². The van der Waals surface area contributed by atoms with E-state index in [2.05, 4.69) is 26.1 Å². The van der Waals surface area contributed by atoms with Crippen LogP contribution < -0.4 is 5.32 Å². The molecule has 0 aromatic carbocycles. The van der Waals surface area contributed by atoms with Gasteiger partial charge >= 0.3 is 0 Å². The van der Waals surface area contributed by atoms with Gasteiger partial charge in [0.1, 0.15) is 0 Å². The summed E-state index contributed by atoms with van der Waals surface area (Å²) in [5.41, 5.74) is 0.0264. The third-order valence-corrected chi connectivity index (χ3v) is 3.14. The van der Waals surface area contributed by atoms with Crippen molar-refractivity contribution in [2.45, 2.75) is 26.4 Å². The Morgan fingerprint density at radius 2 is 2.08 bits per heavy atom. The Labute approximate surface area is 85.8 Å². The molecule has 0 amide bonds. The molecule has 3 heteroatoms. The molecule has 0 aromatic heterocycles. The highest BCUT2D eigenvalue weighted by atomic mass is 32.2. The van der Waals surface area contributed by atoms with E-state index in [0.29, 0.717) is 0 Å². The Kier molecular flexibility index (Phi) is 4.56. The van der Waals surface area contributed by atoms with Crippen molar-refractivity contribution in [3.05, 3.63) is 0 Å². The summed E-state index contributed by atoms with van der Waals surface area (Å²) < 4.78 is 5.63. The fourth-order valence-electron chi connectivity index (χ4n) is 1.12. The first kappa shape index (κ1) is 11.3. The second-order valence-electron chi connectivity index (χ2n) is 4.56. The summed E-state index contributed by atoms with van der Waals surface area (Å²) in [5.74, 6) is 3.34. The number of thioether (sulfide) groups is 1. The summed E-state index contributed by atoms with van der Waals surface area (Å²) in [4.78, 5) is 0. The Hall–Kier alpha value is 0.270. The highest BCUT2D eigenvalue weighted by molar-refractivity contribution is 7.99. The van der Waals surface area contributed by atoms with Gasteiger partial charge in [-0.15, -0.1) is 0 Å². The number of hydrogen-bond donors (Lipinski definition) is 1. The third-order valence-electron chi connectivity index (χ3n) is 1.98. The van der Waals surface area contributed by atoms with E-state index in [4.69, 9.17) is 4.74 Å². The van der Waals surface area contributed by atoms with Gasteiger partial charge in [-0.25, -0.2) is 0 Å². The van der Waals surface area contributed by atoms with Crippen LogP contribution in [0.5, 0.6) is 0 Å². The molecule has 0 atom stereocenters. The Bertz CT molecular complexity index is 140. The molecule has 1 fully saturated rings. The molecular weight excluding hydrogens is 182 g/mol. The quantitative estimate of drug-likeness (QED) is 0.688. The van der Waals surface area contributed by atoms with Crippen LogP contribution in [0.2, 0.25) is 0 Å². The Balaban J connectivity index is 1.83. The molecule has 13 heavy (non-hydrogen) atoms. The van der Waals surface area contributed by atoms with Crippen molar-refractivity contribution in [2.24, 2.45) is 5.92 Å². The maximum atomic E-state index is 5.63. The first-order valence-corrected chi connectivity index (χ1v) is 6.16. The van der Waals surface area contributed by atoms with Gasteiger partial charge in [0.25, 0.3) is 0 Å². The molecule has 0 unspecified atom stereocenters. The molecule has 1 aliphatic heterocycles. The van der Waals surface area contributed by atoms with E-state index in [1.54, 1.807) is 0 Å². The second-order valence-corrected chi connectivity index (χ2v) is 5.71. The van der Waals surface area contributed by atoms with Gasteiger partial charge in [0.05, 0.1) is 12.2 Å². The van der Waals surface area contributed by atoms with E-state index >= 15 is 0 Å². The van der Waals surface area contributed by atoms with Gasteiger partial charge in [0.15, 0.2) is 0 Å². The molecular formula is C10H21NOS. The van der Waals surface area contributed by atoms with Gasteiger partial charge in [0.2, 0.25) is 0 Å². The zero-order chi connectivity index (χ0) is 9.73. The van der Waals surface area contributed by atoms with Crippen LogP contribution in [-0.4, -0.2) is 36.8 Å². The lowest BCUT2D eigenvalue weighted by molar-refractivity contribution is 0.00693. The molecule has 2 nitrogen and oxygen atoms in total. The van der Waals surface area contributed by atoms with Crippen molar-refractivity contribution in [2.75, 3.05) is 31.2 Å². The van der Waals surface area contributed by atoms with E-state index in [-0.39, 0.29) is 5.60 Å². The highest BCUT2D eigenvalue weighted by Crippen LogP contribution is 2.13. The first-order chi connectivity index (χ1) is 6.08. The molecule has 78 valence electrons. The monoisotopic (exact) mass is 203 g/mol. The normalized spacial score (nSPS) is 18.7. The molecule has 1 aliphatic rings. The van der Waals surface area contributed by atoms with Crippen LogP contribution in [0.25, 0.3) is 0 Å². The van der Waals surface area contributed by atoms with Crippen molar-refractivity contribution in [3.63, 3.8) is 0 Å². The predicted octanol–water partition coefficient (Wildman–Crippen LogP) is 1.75. The van der Waals surface area contributed by atoms with Gasteiger partial charge in [-0.3, -0.25) is 0 Å². The zero-order valence-corrected chi connectivity index (χ0v) is 9.75. The van der Waals surface area contributed by atoms with Crippen LogP contribution in [0.1, 0.15) is 20.8 Å². The van der Waals surface area contributed by atoms with Crippen LogP contribution in [-0.2, 0) is 4.74 Å². The lowest BCUT2D eigenvalue weighted by Gasteiger charge is -2.26. The van der Waals surface area contributed by atoms with Crippen LogP contribution in [0, 0.1) is 5.92 Å². The smallest absolute Gasteiger partial charge is 0.0598 e. The van der Waals surface area contributed by atoms with Gasteiger partial charge in [0, 0.05) is 5.75 Å². The lowest BCUT2D eigenvalue weighted by atomic mass is 10.1. The minimum absolute atomic E-state index is 0.0264. The maximum absolute atomic E-state index is 5.63. The molecule has 0 saturated carbocycles. The SMILES string of the molecule is CC(C)(C)OCCSCC1CNC1. The minimum atomic E-state index is 0.0264. The molecule has 0 aromatic rings. The van der Waals surface area contributed by atoms with E-state index in [1.807, 2.05) is 11.8 Å². The Morgan fingerprint density at radius 1 is 1.38 bits per heavy atom. The van der Waals surface area contributed by atoms with Crippen molar-refractivity contribution >= 4 is 11.8 Å². The molecule has 0 aliphatic carbocycles. The molecule has 1 saturated heterocycles. The summed E-state index contributed by atoms with van der Waals surface area (Å²) in [5, 5.41) is 3.28. The summed E-state index contributed by atoms with van der Waals surface area (Å²) in [6.45, 7) is 9.63. The zero-order valence-electron chi connectivity index (χ0n) is 8.93. The fraction of sp³-hybridized carbons (Fsp3) is 1.00. The molecule has 1 rings (SSSR count). The topological polar surface area (TPSA) is 21.3 Å². The number of nitrogens with one attached hydrogen (secondary N) is 1. The second kappa shape index (κ2) is 5.23. The summed E-state index contributed by atoms with van der Waals surface area (Å²) in [7, 11) is 0. The average molecular weight is 203 g/mol. The van der Waals surface area contributed by atoms with E-state index in [0.717, 1.165) is 18.3 Å². The van der Waals surface area contributed by atoms with Crippen LogP contribution in [0.4, 0.5) is 0 Å². The largest absolute Gasteiger partial charge is 0.375 e. The molecule has 1 heterocycles. The first-order valence-electron chi connectivity index (χ1n) is 5.00. The standard InChI is InChI=1S/C10H21NOS/c1-10(2,3)12-4-5-13-8-9-6-11-7-9/h9,11H,4-8H2,1-3H3. The minimum Gasteiger partial charge on any atom is -0.375 e. The van der Waals surface area contributed by atoms with Gasteiger partial charge in [-0.05, 0) is 45.5 Å². The highest BCUT2D eigenvalue weighted by Gasteiger charge is 2.16. The van der Waals surface area contributed by atoms with Crippen molar-refractivity contribution in [3.8, 4) is 0 Å². The van der Waals surface area contributed by atoms with E-state index < -0.39 is 0 Å². The van der Waals surface area contributed by atoms with Crippen molar-refractivity contribution < 1.29 is 4.74 Å². The molecule has 0 radical (unpaired) electrons. The van der Waals surface area contributed by atoms with E-state index in [1.165, 1.54) is 18.8 Å². The number of hydrogen-bond acceptors (Lipinski definition) is 3. The van der Waals surface area contributed by atoms with Gasteiger partial charge in [-0.1, -0.05) is 0 Å². The van der Waals surface area contributed by atoms with Gasteiger partial charge < -0.3 is 10.1 Å². The molecule has 0 bridgehead atoms.